The number of hydrogen-bond donors (Lipinski definition) is 2. The van der Waals surface area contributed by atoms with Crippen molar-refractivity contribution in [3.8, 4) is 5.75 Å². The van der Waals surface area contributed by atoms with Crippen LogP contribution in [0.4, 0.5) is 11.4 Å². The number of rotatable bonds is 2. The molecule has 0 spiro atoms. The van der Waals surface area contributed by atoms with Gasteiger partial charge in [-0.2, -0.15) is 0 Å². The van der Waals surface area contributed by atoms with Crippen molar-refractivity contribution in [3.05, 3.63) is 22.2 Å². The zero-order valence-electron chi connectivity index (χ0n) is 8.08. The molecule has 0 heterocycles. The average Bonchev–Trinajstić information content (AvgIpc) is 2.06. The summed E-state index contributed by atoms with van der Waals surface area (Å²) < 4.78 is 31.8. The van der Waals surface area contributed by atoms with Crippen LogP contribution in [0.3, 0.4) is 0 Å². The third kappa shape index (κ3) is 3.38. The standard InChI is InChI=1S/C6H6N2O6S.K/c7-3-1-4(8(10)11)6(9)5(2-3)15(12,13)14;/h1-2,9H,7H2,(H,12,13,14);/q;+1/p-1. The van der Waals surface area contributed by atoms with Crippen LogP contribution in [0.25, 0.3) is 0 Å². The van der Waals surface area contributed by atoms with Gasteiger partial charge in [0.15, 0.2) is 0 Å². The summed E-state index contributed by atoms with van der Waals surface area (Å²) in [7, 11) is -5.00. The van der Waals surface area contributed by atoms with Gasteiger partial charge in [0.05, 0.1) is 4.92 Å². The van der Waals surface area contributed by atoms with Gasteiger partial charge < -0.3 is 15.4 Å². The minimum Gasteiger partial charge on any atom is -0.744 e. The molecule has 0 fully saturated rings. The molecule has 1 rings (SSSR count). The fourth-order valence-electron chi connectivity index (χ4n) is 0.944. The van der Waals surface area contributed by atoms with Crippen molar-refractivity contribution in [1.29, 1.82) is 0 Å². The first kappa shape index (κ1) is 15.8. The Morgan fingerprint density at radius 2 is 1.88 bits per heavy atom. The maximum atomic E-state index is 10.6. The zero-order valence-corrected chi connectivity index (χ0v) is 12.0. The van der Waals surface area contributed by atoms with Crippen LogP contribution in [0.1, 0.15) is 0 Å². The minimum atomic E-state index is -5.00. The molecule has 0 aromatic heterocycles. The third-order valence-corrected chi connectivity index (χ3v) is 2.39. The summed E-state index contributed by atoms with van der Waals surface area (Å²) in [4.78, 5) is 8.20. The number of nitro benzene ring substituents is 1. The summed E-state index contributed by atoms with van der Waals surface area (Å²) in [5, 5.41) is 19.5. The Kier molecular flexibility index (Phi) is 5.32. The van der Waals surface area contributed by atoms with Crippen LogP contribution in [0, 0.1) is 10.1 Å². The van der Waals surface area contributed by atoms with E-state index in [9.17, 15) is 23.1 Å². The molecule has 8 nitrogen and oxygen atoms in total. The molecule has 82 valence electrons. The van der Waals surface area contributed by atoms with E-state index >= 15 is 0 Å². The van der Waals surface area contributed by atoms with E-state index < -0.39 is 31.4 Å². The van der Waals surface area contributed by atoms with Gasteiger partial charge in [0, 0.05) is 11.8 Å². The van der Waals surface area contributed by atoms with Gasteiger partial charge >= 0.3 is 57.1 Å². The van der Waals surface area contributed by atoms with Gasteiger partial charge in [-0.15, -0.1) is 0 Å². The molecule has 0 saturated heterocycles. The molecule has 0 aliphatic heterocycles. The van der Waals surface area contributed by atoms with Gasteiger partial charge in [-0.05, 0) is 6.07 Å². The summed E-state index contributed by atoms with van der Waals surface area (Å²) in [6.45, 7) is 0. The van der Waals surface area contributed by atoms with E-state index in [1.165, 1.54) is 0 Å². The third-order valence-electron chi connectivity index (χ3n) is 1.54. The molecule has 0 saturated carbocycles. The van der Waals surface area contributed by atoms with Crippen LogP contribution >= 0.6 is 0 Å². The molecular weight excluding hydrogens is 267 g/mol. The quantitative estimate of drug-likeness (QED) is 0.144. The van der Waals surface area contributed by atoms with Crippen molar-refractivity contribution in [3.63, 3.8) is 0 Å². The number of phenols is 1. The Labute approximate surface area is 133 Å². The average molecular weight is 272 g/mol. The van der Waals surface area contributed by atoms with Gasteiger partial charge in [-0.25, -0.2) is 8.42 Å². The van der Waals surface area contributed by atoms with Crippen molar-refractivity contribution >= 4 is 21.5 Å². The molecule has 1 aromatic rings. The van der Waals surface area contributed by atoms with Gasteiger partial charge in [-0.3, -0.25) is 10.1 Å². The topological polar surface area (TPSA) is 147 Å². The molecule has 0 atom stereocenters. The molecule has 0 amide bonds. The number of nitrogens with zero attached hydrogens (tertiary/aromatic N) is 1. The molecule has 16 heavy (non-hydrogen) atoms. The molecule has 0 radical (unpaired) electrons. The Morgan fingerprint density at radius 3 is 2.25 bits per heavy atom. The van der Waals surface area contributed by atoms with Crippen molar-refractivity contribution in [1.82, 2.24) is 0 Å². The molecule has 0 aliphatic carbocycles. The van der Waals surface area contributed by atoms with E-state index in [2.05, 4.69) is 0 Å². The molecular formula is C6H5KN2O6S. The van der Waals surface area contributed by atoms with Crippen molar-refractivity contribution in [2.45, 2.75) is 4.90 Å². The largest absolute Gasteiger partial charge is 1.00 e. The van der Waals surface area contributed by atoms with E-state index in [0.717, 1.165) is 6.07 Å². The fourth-order valence-corrected chi connectivity index (χ4v) is 1.57. The number of phenolic OH excluding ortho intramolecular Hbond substituents is 1. The second-order valence-electron chi connectivity index (χ2n) is 2.60. The normalized spacial score (nSPS) is 10.6. The molecule has 0 unspecified atom stereocenters. The summed E-state index contributed by atoms with van der Waals surface area (Å²) >= 11 is 0. The first-order chi connectivity index (χ1) is 6.73. The zero-order chi connectivity index (χ0) is 11.8. The van der Waals surface area contributed by atoms with Crippen LogP contribution in [-0.2, 0) is 10.1 Å². The van der Waals surface area contributed by atoms with Crippen LogP contribution < -0.4 is 57.1 Å². The smallest absolute Gasteiger partial charge is 0.744 e. The summed E-state index contributed by atoms with van der Waals surface area (Å²) in [5.41, 5.74) is 3.92. The number of nitrogens with two attached hydrogens (primary N) is 1. The predicted octanol–water partition coefficient (Wildman–Crippen LogP) is -3.21. The van der Waals surface area contributed by atoms with Gasteiger partial charge in [-0.1, -0.05) is 0 Å². The second-order valence-corrected chi connectivity index (χ2v) is 3.95. The summed E-state index contributed by atoms with van der Waals surface area (Å²) in [5.74, 6) is -1.20. The molecule has 3 N–H and O–H groups in total. The Morgan fingerprint density at radius 1 is 1.38 bits per heavy atom. The van der Waals surface area contributed by atoms with Crippen LogP contribution in [-0.4, -0.2) is 23.0 Å². The molecule has 0 aliphatic rings. The maximum absolute atomic E-state index is 10.6. The minimum absolute atomic E-state index is 0. The van der Waals surface area contributed by atoms with Crippen LogP contribution in [0.2, 0.25) is 0 Å². The van der Waals surface area contributed by atoms with Gasteiger partial charge in [0.1, 0.15) is 15.0 Å². The number of hydrogen-bond acceptors (Lipinski definition) is 7. The Bertz CT molecular complexity index is 528. The predicted molar refractivity (Wildman–Crippen MR) is 47.1 cm³/mol. The monoisotopic (exact) mass is 272 g/mol. The van der Waals surface area contributed by atoms with E-state index in [1.807, 2.05) is 0 Å². The van der Waals surface area contributed by atoms with Gasteiger partial charge in [0.2, 0.25) is 5.75 Å². The van der Waals surface area contributed by atoms with Crippen molar-refractivity contribution in [2.24, 2.45) is 0 Å². The number of nitrogen functional groups attached to an aromatic ring is 1. The number of aromatic hydroxyl groups is 1. The number of benzene rings is 1. The molecule has 1 aromatic carbocycles. The van der Waals surface area contributed by atoms with E-state index in [-0.39, 0.29) is 57.1 Å². The number of nitro groups is 1. The van der Waals surface area contributed by atoms with Crippen molar-refractivity contribution in [2.75, 3.05) is 5.73 Å². The van der Waals surface area contributed by atoms with Gasteiger partial charge in [0.25, 0.3) is 0 Å². The summed E-state index contributed by atoms with van der Waals surface area (Å²) in [6.07, 6.45) is 0. The fraction of sp³-hybridized carbons (Fsp3) is 0. The van der Waals surface area contributed by atoms with Crippen LogP contribution in [0.5, 0.6) is 5.75 Å². The van der Waals surface area contributed by atoms with E-state index in [4.69, 9.17) is 10.8 Å². The van der Waals surface area contributed by atoms with Crippen molar-refractivity contribution < 1.29 is 74.4 Å². The summed E-state index contributed by atoms with van der Waals surface area (Å²) in [6, 6.07) is 1.41. The maximum Gasteiger partial charge on any atom is 1.00 e. The molecule has 10 heteroatoms. The first-order valence-corrected chi connectivity index (χ1v) is 4.87. The Balaban J connectivity index is 0.00000225. The Hall–Kier alpha value is -0.234. The van der Waals surface area contributed by atoms with Crippen LogP contribution in [0.15, 0.2) is 17.0 Å². The van der Waals surface area contributed by atoms with E-state index in [0.29, 0.717) is 6.07 Å². The van der Waals surface area contributed by atoms with E-state index in [1.54, 1.807) is 0 Å². The molecule has 0 bridgehead atoms. The SMILES string of the molecule is Nc1cc([N+](=O)[O-])c(O)c(S(=O)(=O)[O-])c1.[K+]. The first-order valence-electron chi connectivity index (χ1n) is 3.46. The number of anilines is 1. The second kappa shape index (κ2) is 5.40.